The number of hydrogen-bond donors (Lipinski definition) is 2. The van der Waals surface area contributed by atoms with E-state index in [4.69, 9.17) is 17.3 Å². The number of nitrogens with two attached hydrogens (primary N) is 1. The first-order valence-corrected chi connectivity index (χ1v) is 7.41. The Morgan fingerprint density at radius 2 is 2.04 bits per heavy atom. The SMILES string of the molecule is Nc1c(C(=O)Nc2cccc(F)c2)nnn1Cc1ccccc1Cl. The van der Waals surface area contributed by atoms with Crippen LogP contribution in [0.4, 0.5) is 15.9 Å². The third kappa shape index (κ3) is 3.36. The largest absolute Gasteiger partial charge is 0.382 e. The summed E-state index contributed by atoms with van der Waals surface area (Å²) in [5.41, 5.74) is 7.01. The van der Waals surface area contributed by atoms with Gasteiger partial charge in [0.1, 0.15) is 5.82 Å². The Morgan fingerprint density at radius 1 is 1.25 bits per heavy atom. The molecule has 0 radical (unpaired) electrons. The van der Waals surface area contributed by atoms with Gasteiger partial charge in [0.15, 0.2) is 11.5 Å². The van der Waals surface area contributed by atoms with Crippen LogP contribution in [-0.4, -0.2) is 20.9 Å². The van der Waals surface area contributed by atoms with Gasteiger partial charge in [-0.3, -0.25) is 4.79 Å². The van der Waals surface area contributed by atoms with Crippen LogP contribution in [0.1, 0.15) is 16.1 Å². The molecule has 122 valence electrons. The summed E-state index contributed by atoms with van der Waals surface area (Å²) in [6.45, 7) is 0.283. The minimum Gasteiger partial charge on any atom is -0.382 e. The second-order valence-electron chi connectivity index (χ2n) is 5.04. The molecule has 6 nitrogen and oxygen atoms in total. The Balaban J connectivity index is 1.79. The number of benzene rings is 2. The first-order valence-electron chi connectivity index (χ1n) is 7.04. The predicted molar refractivity (Wildman–Crippen MR) is 89.3 cm³/mol. The summed E-state index contributed by atoms with van der Waals surface area (Å²) in [5.74, 6) is -0.921. The van der Waals surface area contributed by atoms with Gasteiger partial charge in [0.25, 0.3) is 5.91 Å². The van der Waals surface area contributed by atoms with Gasteiger partial charge in [-0.15, -0.1) is 5.10 Å². The molecule has 3 N–H and O–H groups in total. The zero-order valence-electron chi connectivity index (χ0n) is 12.4. The average molecular weight is 346 g/mol. The van der Waals surface area contributed by atoms with E-state index in [0.29, 0.717) is 10.7 Å². The van der Waals surface area contributed by atoms with Crippen molar-refractivity contribution >= 4 is 29.0 Å². The highest BCUT2D eigenvalue weighted by molar-refractivity contribution is 6.31. The number of carbonyl (C=O) groups excluding carboxylic acids is 1. The third-order valence-electron chi connectivity index (χ3n) is 3.35. The third-order valence-corrected chi connectivity index (χ3v) is 3.72. The summed E-state index contributed by atoms with van der Waals surface area (Å²) in [5, 5.41) is 10.8. The van der Waals surface area contributed by atoms with Crippen molar-refractivity contribution in [3.8, 4) is 0 Å². The van der Waals surface area contributed by atoms with Crippen molar-refractivity contribution in [1.29, 1.82) is 0 Å². The van der Waals surface area contributed by atoms with Crippen LogP contribution in [0.2, 0.25) is 5.02 Å². The van der Waals surface area contributed by atoms with Gasteiger partial charge >= 0.3 is 0 Å². The van der Waals surface area contributed by atoms with Crippen LogP contribution in [0.3, 0.4) is 0 Å². The van der Waals surface area contributed by atoms with Gasteiger partial charge in [0, 0.05) is 10.7 Å². The summed E-state index contributed by atoms with van der Waals surface area (Å²) in [4.78, 5) is 12.2. The van der Waals surface area contributed by atoms with E-state index in [1.807, 2.05) is 18.2 Å². The van der Waals surface area contributed by atoms with Crippen molar-refractivity contribution in [2.75, 3.05) is 11.1 Å². The van der Waals surface area contributed by atoms with Crippen LogP contribution in [0.5, 0.6) is 0 Å². The van der Waals surface area contributed by atoms with Crippen LogP contribution in [0, 0.1) is 5.82 Å². The molecule has 0 unspecified atom stereocenters. The summed E-state index contributed by atoms with van der Waals surface area (Å²) >= 11 is 6.10. The number of carbonyl (C=O) groups is 1. The summed E-state index contributed by atoms with van der Waals surface area (Å²) < 4.78 is 14.5. The number of halogens is 2. The molecule has 3 rings (SSSR count). The van der Waals surface area contributed by atoms with Crippen LogP contribution >= 0.6 is 11.6 Å². The van der Waals surface area contributed by atoms with Crippen molar-refractivity contribution in [3.05, 3.63) is 70.6 Å². The van der Waals surface area contributed by atoms with Crippen molar-refractivity contribution < 1.29 is 9.18 Å². The minimum absolute atomic E-state index is 0.0358. The molecule has 0 aliphatic heterocycles. The van der Waals surface area contributed by atoms with Gasteiger partial charge in [-0.05, 0) is 29.8 Å². The fourth-order valence-electron chi connectivity index (χ4n) is 2.14. The van der Waals surface area contributed by atoms with E-state index in [-0.39, 0.29) is 18.1 Å². The Hall–Kier alpha value is -2.93. The maximum Gasteiger partial charge on any atom is 0.280 e. The molecule has 8 heteroatoms. The highest BCUT2D eigenvalue weighted by atomic mass is 35.5. The summed E-state index contributed by atoms with van der Waals surface area (Å²) in [6.07, 6.45) is 0. The molecule has 2 aromatic carbocycles. The number of nitrogen functional groups attached to an aromatic ring is 1. The standard InChI is InChI=1S/C16H13ClFN5O/c17-13-7-2-1-4-10(13)9-23-15(19)14(21-22-23)16(24)20-12-6-3-5-11(18)8-12/h1-8H,9,19H2,(H,20,24). The molecule has 1 amide bonds. The normalized spacial score (nSPS) is 10.6. The van der Waals surface area contributed by atoms with Gasteiger partial charge in [-0.2, -0.15) is 0 Å². The lowest BCUT2D eigenvalue weighted by Gasteiger charge is -2.06. The molecule has 3 aromatic rings. The lowest BCUT2D eigenvalue weighted by molar-refractivity contribution is 0.102. The second kappa shape index (κ2) is 6.67. The quantitative estimate of drug-likeness (QED) is 0.761. The Bertz CT molecular complexity index is 896. The van der Waals surface area contributed by atoms with Gasteiger partial charge in [0.2, 0.25) is 0 Å². The highest BCUT2D eigenvalue weighted by Crippen LogP contribution is 2.19. The number of rotatable bonds is 4. The maximum absolute atomic E-state index is 13.2. The van der Waals surface area contributed by atoms with Gasteiger partial charge in [-0.25, -0.2) is 9.07 Å². The average Bonchev–Trinajstić information content (AvgIpc) is 2.91. The van der Waals surface area contributed by atoms with E-state index >= 15 is 0 Å². The van der Waals surface area contributed by atoms with Gasteiger partial charge < -0.3 is 11.1 Å². The monoisotopic (exact) mass is 345 g/mol. The number of hydrogen-bond acceptors (Lipinski definition) is 4. The van der Waals surface area contributed by atoms with E-state index in [2.05, 4.69) is 15.6 Å². The van der Waals surface area contributed by atoms with E-state index in [9.17, 15) is 9.18 Å². The zero-order valence-corrected chi connectivity index (χ0v) is 13.2. The lowest BCUT2D eigenvalue weighted by Crippen LogP contribution is -2.15. The molecule has 0 aliphatic carbocycles. The first kappa shape index (κ1) is 15.9. The molecule has 0 bridgehead atoms. The zero-order chi connectivity index (χ0) is 17.1. The molecule has 1 aromatic heterocycles. The van der Waals surface area contributed by atoms with E-state index < -0.39 is 11.7 Å². The highest BCUT2D eigenvalue weighted by Gasteiger charge is 2.18. The lowest BCUT2D eigenvalue weighted by atomic mass is 10.2. The molecule has 24 heavy (non-hydrogen) atoms. The van der Waals surface area contributed by atoms with Gasteiger partial charge in [0.05, 0.1) is 6.54 Å². The molecule has 0 fully saturated rings. The van der Waals surface area contributed by atoms with Crippen molar-refractivity contribution in [3.63, 3.8) is 0 Å². The Labute approximate surface area is 142 Å². The molecular weight excluding hydrogens is 333 g/mol. The molecule has 0 aliphatic rings. The van der Waals surface area contributed by atoms with Crippen molar-refractivity contribution in [2.24, 2.45) is 0 Å². The molecule has 0 spiro atoms. The van der Waals surface area contributed by atoms with E-state index in [0.717, 1.165) is 5.56 Å². The van der Waals surface area contributed by atoms with Crippen molar-refractivity contribution in [1.82, 2.24) is 15.0 Å². The smallest absolute Gasteiger partial charge is 0.280 e. The van der Waals surface area contributed by atoms with E-state index in [1.54, 1.807) is 12.1 Å². The Morgan fingerprint density at radius 3 is 2.79 bits per heavy atom. The number of anilines is 2. The van der Waals surface area contributed by atoms with Crippen LogP contribution in [0.25, 0.3) is 0 Å². The van der Waals surface area contributed by atoms with Crippen LogP contribution in [0.15, 0.2) is 48.5 Å². The fourth-order valence-corrected chi connectivity index (χ4v) is 2.34. The predicted octanol–water partition coefficient (Wildman–Crippen LogP) is 2.95. The van der Waals surface area contributed by atoms with Crippen LogP contribution < -0.4 is 11.1 Å². The van der Waals surface area contributed by atoms with Gasteiger partial charge in [-0.1, -0.05) is 41.1 Å². The Kier molecular flexibility index (Phi) is 4.43. The number of nitrogens with one attached hydrogen (secondary N) is 1. The fraction of sp³-hybridized carbons (Fsp3) is 0.0625. The number of nitrogens with zero attached hydrogens (tertiary/aromatic N) is 3. The van der Waals surface area contributed by atoms with Crippen LogP contribution in [-0.2, 0) is 6.54 Å². The molecule has 1 heterocycles. The second-order valence-corrected chi connectivity index (χ2v) is 5.44. The van der Waals surface area contributed by atoms with E-state index in [1.165, 1.54) is 22.9 Å². The minimum atomic E-state index is -0.566. The topological polar surface area (TPSA) is 85.8 Å². The number of aromatic nitrogens is 3. The first-order chi connectivity index (χ1) is 11.5. The molecular formula is C16H13ClFN5O. The summed E-state index contributed by atoms with van der Waals surface area (Å²) in [7, 11) is 0. The summed E-state index contributed by atoms with van der Waals surface area (Å²) in [6, 6.07) is 12.8. The molecule has 0 saturated carbocycles. The molecule has 0 saturated heterocycles. The maximum atomic E-state index is 13.2. The van der Waals surface area contributed by atoms with Crippen molar-refractivity contribution in [2.45, 2.75) is 6.54 Å². The number of amides is 1. The molecule has 0 atom stereocenters.